The molecule has 1 fully saturated rings. The first-order valence-electron chi connectivity index (χ1n) is 5.35. The van der Waals surface area contributed by atoms with Gasteiger partial charge in [-0.2, -0.15) is 0 Å². The monoisotopic (exact) mass is 224 g/mol. The quantitative estimate of drug-likeness (QED) is 0.853. The summed E-state index contributed by atoms with van der Waals surface area (Å²) in [6.07, 6.45) is 3.67. The molecule has 1 aliphatic rings. The maximum Gasteiger partial charge on any atom is 0.263 e. The first-order chi connectivity index (χ1) is 7.17. The van der Waals surface area contributed by atoms with Crippen LogP contribution in [0.1, 0.15) is 41.6 Å². The average Bonchev–Trinajstić information content (AvgIpc) is 2.91. The second-order valence-electron chi connectivity index (χ2n) is 4.30. The average molecular weight is 224 g/mol. The van der Waals surface area contributed by atoms with Crippen LogP contribution in [-0.2, 0) is 0 Å². The molecule has 1 saturated carbocycles. The largest absolute Gasteiger partial charge is 0.351 e. The van der Waals surface area contributed by atoms with Crippen LogP contribution in [0.15, 0.2) is 5.51 Å². The van der Waals surface area contributed by atoms with E-state index < -0.39 is 0 Å². The Kier molecular flexibility index (Phi) is 2.78. The molecular weight excluding hydrogens is 208 g/mol. The summed E-state index contributed by atoms with van der Waals surface area (Å²) in [4.78, 5) is 16.6. The smallest absolute Gasteiger partial charge is 0.263 e. The molecular formula is C11H16N2OS. The topological polar surface area (TPSA) is 42.0 Å². The van der Waals surface area contributed by atoms with Crippen LogP contribution in [0.3, 0.4) is 0 Å². The highest BCUT2D eigenvalue weighted by Crippen LogP contribution is 2.47. The summed E-state index contributed by atoms with van der Waals surface area (Å²) in [5.41, 5.74) is 2.96. The van der Waals surface area contributed by atoms with Crippen molar-refractivity contribution in [3.05, 3.63) is 16.1 Å². The van der Waals surface area contributed by atoms with Crippen molar-refractivity contribution in [2.45, 2.75) is 33.1 Å². The summed E-state index contributed by atoms with van der Waals surface area (Å²) in [7, 11) is 0. The molecule has 2 rings (SSSR count). The maximum atomic E-state index is 11.8. The van der Waals surface area contributed by atoms with Crippen LogP contribution in [0.5, 0.6) is 0 Å². The molecule has 0 bridgehead atoms. The number of amides is 1. The predicted molar refractivity (Wildman–Crippen MR) is 61.1 cm³/mol. The number of nitrogens with zero attached hydrogens (tertiary/aromatic N) is 1. The summed E-state index contributed by atoms with van der Waals surface area (Å²) in [5.74, 6) is 0.0368. The van der Waals surface area contributed by atoms with Crippen molar-refractivity contribution in [2.75, 3.05) is 6.54 Å². The van der Waals surface area contributed by atoms with Gasteiger partial charge in [-0.15, -0.1) is 11.3 Å². The predicted octanol–water partition coefficient (Wildman–Crippen LogP) is 2.37. The lowest BCUT2D eigenvalue weighted by Gasteiger charge is -2.12. The van der Waals surface area contributed by atoms with Crippen LogP contribution in [-0.4, -0.2) is 17.4 Å². The van der Waals surface area contributed by atoms with Gasteiger partial charge in [0.2, 0.25) is 0 Å². The van der Waals surface area contributed by atoms with Gasteiger partial charge in [-0.05, 0) is 31.6 Å². The maximum absolute atomic E-state index is 11.8. The van der Waals surface area contributed by atoms with E-state index in [0.717, 1.165) is 23.5 Å². The highest BCUT2D eigenvalue weighted by atomic mass is 32.1. The fourth-order valence-electron chi connectivity index (χ4n) is 1.70. The molecule has 4 heteroatoms. The Morgan fingerprint density at radius 2 is 2.40 bits per heavy atom. The Balaban J connectivity index is 1.91. The molecule has 1 N–H and O–H groups in total. The summed E-state index contributed by atoms with van der Waals surface area (Å²) in [5, 5.41) is 3.01. The molecule has 1 heterocycles. The molecule has 15 heavy (non-hydrogen) atoms. The van der Waals surface area contributed by atoms with Gasteiger partial charge in [0.15, 0.2) is 0 Å². The molecule has 0 saturated heterocycles. The highest BCUT2D eigenvalue weighted by Gasteiger charge is 2.40. The number of nitrogens with one attached hydrogen (secondary N) is 1. The van der Waals surface area contributed by atoms with Gasteiger partial charge >= 0.3 is 0 Å². The second-order valence-corrected chi connectivity index (χ2v) is 5.16. The third kappa shape index (κ3) is 2.20. The van der Waals surface area contributed by atoms with E-state index >= 15 is 0 Å². The van der Waals surface area contributed by atoms with Gasteiger partial charge < -0.3 is 5.32 Å². The van der Waals surface area contributed by atoms with Crippen molar-refractivity contribution in [1.82, 2.24) is 10.3 Å². The zero-order valence-electron chi connectivity index (χ0n) is 9.17. The van der Waals surface area contributed by atoms with Crippen molar-refractivity contribution >= 4 is 17.2 Å². The standard InChI is InChI=1S/C11H16N2OS/c1-3-11(4-5-11)6-12-10(14)9-8(2)13-7-15-9/h7H,3-6H2,1-2H3,(H,12,14). The SMILES string of the molecule is CCC1(CNC(=O)c2scnc2C)CC1. The first-order valence-corrected chi connectivity index (χ1v) is 6.23. The molecule has 0 unspecified atom stereocenters. The molecule has 1 aliphatic carbocycles. The van der Waals surface area contributed by atoms with Crippen molar-refractivity contribution < 1.29 is 4.79 Å². The minimum absolute atomic E-state index is 0.0368. The van der Waals surface area contributed by atoms with E-state index in [1.54, 1.807) is 5.51 Å². The van der Waals surface area contributed by atoms with Crippen LogP contribution in [0, 0.1) is 12.3 Å². The molecule has 1 aromatic heterocycles. The fourth-order valence-corrected chi connectivity index (χ4v) is 2.42. The minimum Gasteiger partial charge on any atom is -0.351 e. The number of hydrogen-bond acceptors (Lipinski definition) is 3. The first kappa shape index (κ1) is 10.6. The molecule has 0 aromatic carbocycles. The van der Waals surface area contributed by atoms with Crippen LogP contribution < -0.4 is 5.32 Å². The molecule has 0 spiro atoms. The minimum atomic E-state index is 0.0368. The number of aromatic nitrogens is 1. The van der Waals surface area contributed by atoms with E-state index in [1.807, 2.05) is 6.92 Å². The lowest BCUT2D eigenvalue weighted by molar-refractivity contribution is 0.0947. The fraction of sp³-hybridized carbons (Fsp3) is 0.636. The Labute approximate surface area is 93.9 Å². The zero-order valence-corrected chi connectivity index (χ0v) is 9.99. The van der Waals surface area contributed by atoms with Crippen molar-refractivity contribution in [2.24, 2.45) is 5.41 Å². The lowest BCUT2D eigenvalue weighted by atomic mass is 10.0. The number of carbonyl (C=O) groups is 1. The summed E-state index contributed by atoms with van der Waals surface area (Å²) < 4.78 is 0. The van der Waals surface area contributed by atoms with Gasteiger partial charge in [-0.1, -0.05) is 6.92 Å². The van der Waals surface area contributed by atoms with Gasteiger partial charge in [0.05, 0.1) is 11.2 Å². The zero-order chi connectivity index (χ0) is 10.9. The Bertz CT molecular complexity index is 368. The number of carbonyl (C=O) groups excluding carboxylic acids is 1. The highest BCUT2D eigenvalue weighted by molar-refractivity contribution is 7.11. The van der Waals surface area contributed by atoms with Crippen molar-refractivity contribution in [3.8, 4) is 0 Å². The number of hydrogen-bond donors (Lipinski definition) is 1. The lowest BCUT2D eigenvalue weighted by Crippen LogP contribution is -2.29. The molecule has 1 amide bonds. The summed E-state index contributed by atoms with van der Waals surface area (Å²) in [6.45, 7) is 4.88. The second kappa shape index (κ2) is 3.93. The Morgan fingerprint density at radius 1 is 1.67 bits per heavy atom. The molecule has 1 aromatic rings. The third-order valence-corrected chi connectivity index (χ3v) is 4.21. The van der Waals surface area contributed by atoms with E-state index in [1.165, 1.54) is 24.2 Å². The third-order valence-electron chi connectivity index (χ3n) is 3.28. The van der Waals surface area contributed by atoms with E-state index in [9.17, 15) is 4.79 Å². The van der Waals surface area contributed by atoms with E-state index in [-0.39, 0.29) is 5.91 Å². The Hall–Kier alpha value is -0.900. The number of rotatable bonds is 4. The molecule has 0 atom stereocenters. The van der Waals surface area contributed by atoms with Crippen LogP contribution in [0.4, 0.5) is 0 Å². The van der Waals surface area contributed by atoms with Crippen molar-refractivity contribution in [3.63, 3.8) is 0 Å². The van der Waals surface area contributed by atoms with Crippen LogP contribution in [0.2, 0.25) is 0 Å². The number of thiazole rings is 1. The summed E-state index contributed by atoms with van der Waals surface area (Å²) >= 11 is 1.41. The van der Waals surface area contributed by atoms with Crippen LogP contribution >= 0.6 is 11.3 Å². The summed E-state index contributed by atoms with van der Waals surface area (Å²) in [6, 6.07) is 0. The molecule has 82 valence electrons. The van der Waals surface area contributed by atoms with E-state index in [4.69, 9.17) is 0 Å². The van der Waals surface area contributed by atoms with Gasteiger partial charge in [0, 0.05) is 6.54 Å². The molecule has 0 aliphatic heterocycles. The molecule has 0 radical (unpaired) electrons. The van der Waals surface area contributed by atoms with Gasteiger partial charge in [0.25, 0.3) is 5.91 Å². The van der Waals surface area contributed by atoms with Crippen molar-refractivity contribution in [1.29, 1.82) is 0 Å². The van der Waals surface area contributed by atoms with Gasteiger partial charge in [0.1, 0.15) is 4.88 Å². The van der Waals surface area contributed by atoms with Gasteiger partial charge in [-0.3, -0.25) is 4.79 Å². The van der Waals surface area contributed by atoms with Gasteiger partial charge in [-0.25, -0.2) is 4.98 Å². The molecule has 3 nitrogen and oxygen atoms in total. The Morgan fingerprint density at radius 3 is 2.87 bits per heavy atom. The normalized spacial score (nSPS) is 17.5. The number of aryl methyl sites for hydroxylation is 1. The van der Waals surface area contributed by atoms with E-state index in [2.05, 4.69) is 17.2 Å². The van der Waals surface area contributed by atoms with Crippen LogP contribution in [0.25, 0.3) is 0 Å². The van der Waals surface area contributed by atoms with E-state index in [0.29, 0.717) is 5.41 Å².